The Morgan fingerprint density at radius 3 is 2.67 bits per heavy atom. The molecule has 0 bridgehead atoms. The van der Waals surface area contributed by atoms with Crippen molar-refractivity contribution in [3.05, 3.63) is 30.1 Å². The Morgan fingerprint density at radius 1 is 1.33 bits per heavy atom. The Hall–Kier alpha value is -0.890. The molecule has 0 saturated heterocycles. The first-order valence-electron chi connectivity index (χ1n) is 4.44. The highest BCUT2D eigenvalue weighted by atomic mass is 16.3. The lowest BCUT2D eigenvalue weighted by Crippen LogP contribution is -2.20. The Labute approximate surface area is 72.3 Å². The molecule has 0 amide bonds. The van der Waals surface area contributed by atoms with Gasteiger partial charge in [0.05, 0.1) is 5.60 Å². The summed E-state index contributed by atoms with van der Waals surface area (Å²) in [4.78, 5) is 4.01. The smallest absolute Gasteiger partial charge is 0.0911 e. The fraction of sp³-hybridized carbons (Fsp3) is 0.500. The van der Waals surface area contributed by atoms with Gasteiger partial charge in [-0.1, -0.05) is 18.9 Å². The van der Waals surface area contributed by atoms with Gasteiger partial charge in [0.1, 0.15) is 0 Å². The zero-order chi connectivity index (χ0) is 8.44. The summed E-state index contributed by atoms with van der Waals surface area (Å²) in [6.07, 6.45) is 7.54. The number of aliphatic hydroxyl groups is 1. The van der Waals surface area contributed by atoms with Crippen LogP contribution in [0.3, 0.4) is 0 Å². The van der Waals surface area contributed by atoms with Crippen LogP contribution in [0.4, 0.5) is 0 Å². The van der Waals surface area contributed by atoms with Crippen molar-refractivity contribution in [2.75, 3.05) is 0 Å². The second-order valence-corrected chi connectivity index (χ2v) is 3.48. The van der Waals surface area contributed by atoms with Crippen LogP contribution in [-0.2, 0) is 5.60 Å². The lowest BCUT2D eigenvalue weighted by Gasteiger charge is -2.21. The molecule has 0 radical (unpaired) electrons. The molecular formula is C10H13NO. The van der Waals surface area contributed by atoms with Gasteiger partial charge in [0.15, 0.2) is 0 Å². The summed E-state index contributed by atoms with van der Waals surface area (Å²) in [5, 5.41) is 10.1. The normalized spacial score (nSPS) is 21.1. The standard InChI is InChI=1S/C10H13NO/c12-10(5-1-2-6-10)9-4-3-7-11-8-9/h3-4,7-8,12H,1-2,5-6H2. The topological polar surface area (TPSA) is 33.1 Å². The van der Waals surface area contributed by atoms with Gasteiger partial charge in [0, 0.05) is 18.0 Å². The Morgan fingerprint density at radius 2 is 2.08 bits per heavy atom. The first-order chi connectivity index (χ1) is 5.81. The van der Waals surface area contributed by atoms with Gasteiger partial charge >= 0.3 is 0 Å². The van der Waals surface area contributed by atoms with Crippen LogP contribution < -0.4 is 0 Å². The molecule has 0 aliphatic heterocycles. The van der Waals surface area contributed by atoms with Crippen molar-refractivity contribution in [3.63, 3.8) is 0 Å². The number of nitrogens with zero attached hydrogens (tertiary/aromatic N) is 1. The Kier molecular flexibility index (Phi) is 1.85. The summed E-state index contributed by atoms with van der Waals surface area (Å²) in [5.41, 5.74) is 0.399. The molecule has 0 atom stereocenters. The van der Waals surface area contributed by atoms with Crippen molar-refractivity contribution in [3.8, 4) is 0 Å². The number of hydrogen-bond acceptors (Lipinski definition) is 2. The minimum absolute atomic E-state index is 0.575. The summed E-state index contributed by atoms with van der Waals surface area (Å²) < 4.78 is 0. The van der Waals surface area contributed by atoms with E-state index in [4.69, 9.17) is 0 Å². The van der Waals surface area contributed by atoms with E-state index in [-0.39, 0.29) is 0 Å². The molecule has 1 N–H and O–H groups in total. The van der Waals surface area contributed by atoms with Gasteiger partial charge in [0.2, 0.25) is 0 Å². The van der Waals surface area contributed by atoms with E-state index in [1.807, 2.05) is 12.1 Å². The highest BCUT2D eigenvalue weighted by Gasteiger charge is 2.32. The van der Waals surface area contributed by atoms with Crippen molar-refractivity contribution in [1.29, 1.82) is 0 Å². The van der Waals surface area contributed by atoms with Crippen LogP contribution in [0.25, 0.3) is 0 Å². The molecular weight excluding hydrogens is 150 g/mol. The molecule has 0 unspecified atom stereocenters. The van der Waals surface area contributed by atoms with E-state index in [1.165, 1.54) is 0 Å². The van der Waals surface area contributed by atoms with E-state index >= 15 is 0 Å². The molecule has 1 aromatic rings. The van der Waals surface area contributed by atoms with Crippen LogP contribution in [0.2, 0.25) is 0 Å². The third kappa shape index (κ3) is 1.23. The molecule has 12 heavy (non-hydrogen) atoms. The zero-order valence-electron chi connectivity index (χ0n) is 7.03. The van der Waals surface area contributed by atoms with Crippen molar-refractivity contribution >= 4 is 0 Å². The molecule has 64 valence electrons. The SMILES string of the molecule is OC1(c2cccnc2)CCCC1. The predicted octanol–water partition coefficient (Wildman–Crippen LogP) is 1.84. The maximum atomic E-state index is 10.1. The van der Waals surface area contributed by atoms with E-state index < -0.39 is 5.60 Å². The van der Waals surface area contributed by atoms with Crippen LogP contribution in [0, 0.1) is 0 Å². The Bertz CT molecular complexity index is 252. The van der Waals surface area contributed by atoms with E-state index in [2.05, 4.69) is 4.98 Å². The van der Waals surface area contributed by atoms with E-state index in [0.29, 0.717) is 0 Å². The second kappa shape index (κ2) is 2.87. The first kappa shape index (κ1) is 7.74. The average molecular weight is 163 g/mol. The lowest BCUT2D eigenvalue weighted by molar-refractivity contribution is 0.0441. The molecule has 0 spiro atoms. The number of aromatic nitrogens is 1. The molecule has 1 aromatic heterocycles. The van der Waals surface area contributed by atoms with Crippen molar-refractivity contribution in [1.82, 2.24) is 4.98 Å². The number of hydrogen-bond donors (Lipinski definition) is 1. The van der Waals surface area contributed by atoms with Crippen LogP contribution in [0.5, 0.6) is 0 Å². The largest absolute Gasteiger partial charge is 0.385 e. The third-order valence-corrected chi connectivity index (χ3v) is 2.63. The van der Waals surface area contributed by atoms with Crippen LogP contribution in [0.1, 0.15) is 31.2 Å². The van der Waals surface area contributed by atoms with Crippen LogP contribution >= 0.6 is 0 Å². The monoisotopic (exact) mass is 163 g/mol. The molecule has 1 saturated carbocycles. The second-order valence-electron chi connectivity index (χ2n) is 3.48. The number of rotatable bonds is 1. The highest BCUT2D eigenvalue weighted by molar-refractivity contribution is 5.18. The maximum absolute atomic E-state index is 10.1. The summed E-state index contributed by atoms with van der Waals surface area (Å²) >= 11 is 0. The zero-order valence-corrected chi connectivity index (χ0v) is 7.03. The van der Waals surface area contributed by atoms with E-state index in [9.17, 15) is 5.11 Å². The third-order valence-electron chi connectivity index (χ3n) is 2.63. The molecule has 0 aromatic carbocycles. The summed E-state index contributed by atoms with van der Waals surface area (Å²) in [6, 6.07) is 3.84. The van der Waals surface area contributed by atoms with E-state index in [1.54, 1.807) is 12.4 Å². The molecule has 1 aliphatic rings. The fourth-order valence-electron chi connectivity index (χ4n) is 1.89. The molecule has 1 fully saturated rings. The van der Waals surface area contributed by atoms with Crippen molar-refractivity contribution in [2.45, 2.75) is 31.3 Å². The minimum atomic E-state index is -0.575. The van der Waals surface area contributed by atoms with E-state index in [0.717, 1.165) is 31.2 Å². The average Bonchev–Trinajstić information content (AvgIpc) is 2.55. The summed E-state index contributed by atoms with van der Waals surface area (Å²) in [6.45, 7) is 0. The van der Waals surface area contributed by atoms with Gasteiger partial charge < -0.3 is 5.11 Å². The van der Waals surface area contributed by atoms with Gasteiger partial charge in [-0.3, -0.25) is 4.98 Å². The highest BCUT2D eigenvalue weighted by Crippen LogP contribution is 2.37. The molecule has 1 aliphatic carbocycles. The maximum Gasteiger partial charge on any atom is 0.0911 e. The van der Waals surface area contributed by atoms with Gasteiger partial charge in [-0.2, -0.15) is 0 Å². The van der Waals surface area contributed by atoms with Crippen LogP contribution in [0.15, 0.2) is 24.5 Å². The summed E-state index contributed by atoms with van der Waals surface area (Å²) in [7, 11) is 0. The fourth-order valence-corrected chi connectivity index (χ4v) is 1.89. The predicted molar refractivity (Wildman–Crippen MR) is 46.6 cm³/mol. The first-order valence-corrected chi connectivity index (χ1v) is 4.44. The van der Waals surface area contributed by atoms with Gasteiger partial charge in [-0.15, -0.1) is 0 Å². The molecule has 1 heterocycles. The number of pyridine rings is 1. The summed E-state index contributed by atoms with van der Waals surface area (Å²) in [5.74, 6) is 0. The van der Waals surface area contributed by atoms with Crippen molar-refractivity contribution < 1.29 is 5.11 Å². The quantitative estimate of drug-likeness (QED) is 0.685. The van der Waals surface area contributed by atoms with Crippen LogP contribution in [-0.4, -0.2) is 10.1 Å². The lowest BCUT2D eigenvalue weighted by atomic mass is 9.94. The minimum Gasteiger partial charge on any atom is -0.385 e. The van der Waals surface area contributed by atoms with Crippen molar-refractivity contribution in [2.24, 2.45) is 0 Å². The van der Waals surface area contributed by atoms with Gasteiger partial charge in [0.25, 0.3) is 0 Å². The van der Waals surface area contributed by atoms with Gasteiger partial charge in [-0.05, 0) is 18.9 Å². The molecule has 2 heteroatoms. The van der Waals surface area contributed by atoms with Gasteiger partial charge in [-0.25, -0.2) is 0 Å². The molecule has 2 rings (SSSR count). The Balaban J connectivity index is 2.29. The molecule has 2 nitrogen and oxygen atoms in total.